The van der Waals surface area contributed by atoms with Gasteiger partial charge in [-0.05, 0) is 24.3 Å². The lowest BCUT2D eigenvalue weighted by Crippen LogP contribution is -2.49. The van der Waals surface area contributed by atoms with Gasteiger partial charge in [-0.25, -0.2) is 4.79 Å². The van der Waals surface area contributed by atoms with Crippen LogP contribution < -0.4 is 21.1 Å². The zero-order valence-corrected chi connectivity index (χ0v) is 11.2. The molecule has 4 N–H and O–H groups in total. The van der Waals surface area contributed by atoms with Crippen molar-refractivity contribution in [2.75, 3.05) is 5.32 Å². The fourth-order valence-electron chi connectivity index (χ4n) is 1.64. The number of anilines is 1. The van der Waals surface area contributed by atoms with Gasteiger partial charge in [-0.15, -0.1) is 0 Å². The Hall–Kier alpha value is -3.02. The van der Waals surface area contributed by atoms with E-state index in [0.29, 0.717) is 11.4 Å². The number of carbonyl (C=O) groups excluding carboxylic acids is 2. The van der Waals surface area contributed by atoms with Crippen molar-refractivity contribution in [3.63, 3.8) is 0 Å². The van der Waals surface area contributed by atoms with Gasteiger partial charge in [-0.2, -0.15) is 0 Å². The molecule has 0 heterocycles. The smallest absolute Gasteiger partial charge is 0.315 e. The lowest BCUT2D eigenvalue weighted by molar-refractivity contribution is -0.123. The highest BCUT2D eigenvalue weighted by Crippen LogP contribution is 2.12. The van der Waals surface area contributed by atoms with Crippen molar-refractivity contribution in [3.05, 3.63) is 60.7 Å². The molecule has 2 aromatic rings. The van der Waals surface area contributed by atoms with Gasteiger partial charge in [0, 0.05) is 5.69 Å². The maximum atomic E-state index is 12.1. The number of rotatable bonds is 5. The number of benzene rings is 2. The summed E-state index contributed by atoms with van der Waals surface area (Å²) >= 11 is 0. The number of hydrogen-bond acceptors (Lipinski definition) is 3. The van der Waals surface area contributed by atoms with E-state index in [0.717, 1.165) is 0 Å². The van der Waals surface area contributed by atoms with Crippen LogP contribution in [0.4, 0.5) is 10.5 Å². The molecule has 0 saturated carbocycles. The van der Waals surface area contributed by atoms with Crippen LogP contribution in [0, 0.1) is 0 Å². The molecule has 2 rings (SSSR count). The van der Waals surface area contributed by atoms with Crippen LogP contribution in [-0.2, 0) is 4.79 Å². The molecular formula is C15H15N3O3. The summed E-state index contributed by atoms with van der Waals surface area (Å²) in [7, 11) is 0. The molecule has 3 amide bonds. The van der Waals surface area contributed by atoms with Crippen LogP contribution in [0.5, 0.6) is 5.75 Å². The van der Waals surface area contributed by atoms with Gasteiger partial charge in [0.1, 0.15) is 5.75 Å². The summed E-state index contributed by atoms with van der Waals surface area (Å²) in [5.74, 6) is -0.0803. The maximum Gasteiger partial charge on any atom is 0.315 e. The van der Waals surface area contributed by atoms with Gasteiger partial charge < -0.3 is 15.8 Å². The van der Waals surface area contributed by atoms with Crippen LogP contribution >= 0.6 is 0 Å². The summed E-state index contributed by atoms with van der Waals surface area (Å²) in [4.78, 5) is 23.2. The third-order valence-corrected chi connectivity index (χ3v) is 2.55. The average Bonchev–Trinajstić information content (AvgIpc) is 2.48. The van der Waals surface area contributed by atoms with Gasteiger partial charge in [0.05, 0.1) is 0 Å². The lowest BCUT2D eigenvalue weighted by Gasteiger charge is -2.18. The molecule has 0 radical (unpaired) electrons. The third kappa shape index (κ3) is 4.54. The topological polar surface area (TPSA) is 93.5 Å². The summed E-state index contributed by atoms with van der Waals surface area (Å²) in [6.07, 6.45) is -1.22. The van der Waals surface area contributed by atoms with E-state index in [1.807, 2.05) is 12.1 Å². The molecule has 0 saturated heterocycles. The van der Waals surface area contributed by atoms with E-state index in [9.17, 15) is 9.59 Å². The maximum absolute atomic E-state index is 12.1. The normalized spacial score (nSPS) is 11.2. The largest absolute Gasteiger partial charge is 0.461 e. The first kappa shape index (κ1) is 14.4. The van der Waals surface area contributed by atoms with Crippen molar-refractivity contribution in [2.45, 2.75) is 6.23 Å². The first-order valence-electron chi connectivity index (χ1n) is 6.29. The number of ether oxygens (including phenoxy) is 1. The van der Waals surface area contributed by atoms with Gasteiger partial charge in [-0.3, -0.25) is 10.1 Å². The van der Waals surface area contributed by atoms with Crippen LogP contribution in [0.3, 0.4) is 0 Å². The molecule has 0 aliphatic rings. The Labute approximate surface area is 121 Å². The van der Waals surface area contributed by atoms with E-state index in [1.165, 1.54) is 0 Å². The second kappa shape index (κ2) is 6.95. The Balaban J connectivity index is 2.08. The van der Waals surface area contributed by atoms with Crippen molar-refractivity contribution in [1.82, 2.24) is 5.32 Å². The number of amides is 3. The summed E-state index contributed by atoms with van der Waals surface area (Å²) in [5, 5.41) is 4.89. The van der Waals surface area contributed by atoms with Crippen LogP contribution in [0.15, 0.2) is 60.7 Å². The van der Waals surface area contributed by atoms with Crippen molar-refractivity contribution in [2.24, 2.45) is 5.73 Å². The number of carbonyl (C=O) groups is 2. The fourth-order valence-corrected chi connectivity index (χ4v) is 1.64. The minimum absolute atomic E-state index is 0.444. The molecule has 1 unspecified atom stereocenters. The van der Waals surface area contributed by atoms with E-state index in [-0.39, 0.29) is 0 Å². The Morgan fingerprint density at radius 2 is 1.52 bits per heavy atom. The number of nitrogens with two attached hydrogens (primary N) is 1. The second-order valence-electron chi connectivity index (χ2n) is 4.17. The first-order chi connectivity index (χ1) is 10.1. The third-order valence-electron chi connectivity index (χ3n) is 2.55. The molecule has 0 spiro atoms. The van der Waals surface area contributed by atoms with E-state index in [1.54, 1.807) is 48.5 Å². The molecule has 0 aromatic heterocycles. The molecule has 1 atom stereocenters. The van der Waals surface area contributed by atoms with Crippen LogP contribution in [-0.4, -0.2) is 18.2 Å². The molecule has 2 aromatic carbocycles. The second-order valence-corrected chi connectivity index (χ2v) is 4.17. The van der Waals surface area contributed by atoms with Crippen molar-refractivity contribution in [1.29, 1.82) is 0 Å². The quantitative estimate of drug-likeness (QED) is 0.730. The SMILES string of the molecule is NC(=O)NC(Oc1ccccc1)C(=O)Nc1ccccc1. The fraction of sp³-hybridized carbons (Fsp3) is 0.0667. The van der Waals surface area contributed by atoms with E-state index in [4.69, 9.17) is 10.5 Å². The monoisotopic (exact) mass is 285 g/mol. The summed E-state index contributed by atoms with van der Waals surface area (Å²) in [6.45, 7) is 0. The molecular weight excluding hydrogens is 270 g/mol. The number of primary amides is 1. The van der Waals surface area contributed by atoms with E-state index in [2.05, 4.69) is 10.6 Å². The Kier molecular flexibility index (Phi) is 4.76. The van der Waals surface area contributed by atoms with Crippen LogP contribution in [0.2, 0.25) is 0 Å². The van der Waals surface area contributed by atoms with Gasteiger partial charge in [0.25, 0.3) is 12.1 Å². The summed E-state index contributed by atoms with van der Waals surface area (Å²) < 4.78 is 5.44. The lowest BCUT2D eigenvalue weighted by atomic mass is 10.3. The van der Waals surface area contributed by atoms with Gasteiger partial charge >= 0.3 is 6.03 Å². The molecule has 6 heteroatoms. The number of nitrogens with one attached hydrogen (secondary N) is 2. The Bertz CT molecular complexity index is 602. The molecule has 0 aliphatic carbocycles. The van der Waals surface area contributed by atoms with Crippen LogP contribution in [0.25, 0.3) is 0 Å². The number of hydrogen-bond donors (Lipinski definition) is 3. The molecule has 6 nitrogen and oxygen atoms in total. The van der Waals surface area contributed by atoms with Crippen molar-refractivity contribution >= 4 is 17.6 Å². The zero-order valence-electron chi connectivity index (χ0n) is 11.2. The highest BCUT2D eigenvalue weighted by Gasteiger charge is 2.21. The van der Waals surface area contributed by atoms with Gasteiger partial charge in [0.2, 0.25) is 0 Å². The molecule has 0 aliphatic heterocycles. The van der Waals surface area contributed by atoms with E-state index < -0.39 is 18.2 Å². The number of para-hydroxylation sites is 2. The summed E-state index contributed by atoms with van der Waals surface area (Å²) in [6, 6.07) is 16.7. The predicted molar refractivity (Wildman–Crippen MR) is 78.6 cm³/mol. The molecule has 0 bridgehead atoms. The standard InChI is InChI=1S/C15H15N3O3/c16-15(20)18-14(21-12-9-5-2-6-10-12)13(19)17-11-7-3-1-4-8-11/h1-10,14H,(H,17,19)(H3,16,18,20). The van der Waals surface area contributed by atoms with Gasteiger partial charge in [-0.1, -0.05) is 36.4 Å². The predicted octanol–water partition coefficient (Wildman–Crippen LogP) is 1.70. The minimum Gasteiger partial charge on any atom is -0.461 e. The first-order valence-corrected chi connectivity index (χ1v) is 6.29. The highest BCUT2D eigenvalue weighted by atomic mass is 16.5. The van der Waals surface area contributed by atoms with Crippen LogP contribution in [0.1, 0.15) is 0 Å². The molecule has 0 fully saturated rings. The summed E-state index contributed by atoms with van der Waals surface area (Å²) in [5.41, 5.74) is 5.66. The highest BCUT2D eigenvalue weighted by molar-refractivity contribution is 5.96. The molecule has 108 valence electrons. The number of urea groups is 1. The Morgan fingerprint density at radius 3 is 2.10 bits per heavy atom. The average molecular weight is 285 g/mol. The van der Waals surface area contributed by atoms with Crippen molar-refractivity contribution < 1.29 is 14.3 Å². The van der Waals surface area contributed by atoms with Gasteiger partial charge in [0.15, 0.2) is 0 Å². The zero-order chi connectivity index (χ0) is 15.1. The minimum atomic E-state index is -1.22. The molecule has 21 heavy (non-hydrogen) atoms. The van der Waals surface area contributed by atoms with Crippen molar-refractivity contribution in [3.8, 4) is 5.75 Å². The Morgan fingerprint density at radius 1 is 0.952 bits per heavy atom. The van der Waals surface area contributed by atoms with E-state index >= 15 is 0 Å².